The molecule has 2 aliphatic heterocycles. The van der Waals surface area contributed by atoms with Crippen molar-refractivity contribution < 1.29 is 22.7 Å². The number of carbonyl (C=O) groups is 1. The lowest BCUT2D eigenvalue weighted by atomic mass is 10.2. The molecule has 0 aromatic heterocycles. The number of carbonyl (C=O) groups excluding carboxylic acids is 1. The standard InChI is InChI=1S/C22H24Cl2N2O5S/c23-19-4-1-5-20(21(19)24)32(28,29)26-12-10-25(11-13-26)22(27)16-6-8-17(9-7-16)31-15-18-3-2-14-30-18/h1,4-9,18H,2-3,10-15H2. The fourth-order valence-electron chi connectivity index (χ4n) is 3.80. The molecule has 2 fully saturated rings. The Morgan fingerprint density at radius 3 is 2.44 bits per heavy atom. The fraction of sp³-hybridized carbons (Fsp3) is 0.409. The monoisotopic (exact) mass is 498 g/mol. The molecule has 0 N–H and O–H groups in total. The van der Waals surface area contributed by atoms with Gasteiger partial charge in [-0.25, -0.2) is 8.42 Å². The first-order valence-corrected chi connectivity index (χ1v) is 12.6. The molecular weight excluding hydrogens is 475 g/mol. The van der Waals surface area contributed by atoms with Crippen molar-refractivity contribution >= 4 is 39.1 Å². The van der Waals surface area contributed by atoms with Gasteiger partial charge < -0.3 is 14.4 Å². The van der Waals surface area contributed by atoms with Gasteiger partial charge in [-0.3, -0.25) is 4.79 Å². The smallest absolute Gasteiger partial charge is 0.253 e. The van der Waals surface area contributed by atoms with Crippen LogP contribution >= 0.6 is 23.2 Å². The molecule has 2 heterocycles. The Kier molecular flexibility index (Phi) is 7.27. The molecule has 0 bridgehead atoms. The van der Waals surface area contributed by atoms with Gasteiger partial charge >= 0.3 is 0 Å². The van der Waals surface area contributed by atoms with Crippen molar-refractivity contribution in [3.63, 3.8) is 0 Å². The summed E-state index contributed by atoms with van der Waals surface area (Å²) in [4.78, 5) is 14.5. The van der Waals surface area contributed by atoms with Crippen molar-refractivity contribution in [3.05, 3.63) is 58.1 Å². The van der Waals surface area contributed by atoms with Crippen molar-refractivity contribution in [2.75, 3.05) is 39.4 Å². The molecule has 1 unspecified atom stereocenters. The Morgan fingerprint density at radius 1 is 1.06 bits per heavy atom. The summed E-state index contributed by atoms with van der Waals surface area (Å²) in [6.07, 6.45) is 2.19. The molecule has 0 saturated carbocycles. The van der Waals surface area contributed by atoms with E-state index in [9.17, 15) is 13.2 Å². The molecule has 1 amide bonds. The van der Waals surface area contributed by atoms with Gasteiger partial charge in [0.2, 0.25) is 10.0 Å². The third-order valence-corrected chi connectivity index (χ3v) is 8.49. The van der Waals surface area contributed by atoms with Crippen molar-refractivity contribution in [2.45, 2.75) is 23.8 Å². The van der Waals surface area contributed by atoms with Crippen LogP contribution < -0.4 is 4.74 Å². The summed E-state index contributed by atoms with van der Waals surface area (Å²) in [5, 5.41) is 0.194. The van der Waals surface area contributed by atoms with E-state index in [4.69, 9.17) is 32.7 Å². The first kappa shape index (κ1) is 23.3. The van der Waals surface area contributed by atoms with Crippen LogP contribution in [0.15, 0.2) is 47.4 Å². The quantitative estimate of drug-likeness (QED) is 0.606. The largest absolute Gasteiger partial charge is 0.491 e. The minimum absolute atomic E-state index is 0.00877. The molecule has 1 atom stereocenters. The van der Waals surface area contributed by atoms with Crippen LogP contribution in [0.1, 0.15) is 23.2 Å². The number of hydrogen-bond acceptors (Lipinski definition) is 5. The first-order valence-electron chi connectivity index (χ1n) is 10.4. The van der Waals surface area contributed by atoms with Crippen molar-refractivity contribution in [2.24, 2.45) is 0 Å². The lowest BCUT2D eigenvalue weighted by Crippen LogP contribution is -2.50. The molecule has 0 spiro atoms. The van der Waals surface area contributed by atoms with Crippen LogP contribution in [0.2, 0.25) is 10.0 Å². The number of sulfonamides is 1. The summed E-state index contributed by atoms with van der Waals surface area (Å²) in [5.41, 5.74) is 0.531. The first-order chi connectivity index (χ1) is 15.4. The highest BCUT2D eigenvalue weighted by Gasteiger charge is 2.32. The predicted octanol–water partition coefficient (Wildman–Crippen LogP) is 3.70. The molecule has 0 aliphatic carbocycles. The van der Waals surface area contributed by atoms with Gasteiger partial charge in [-0.15, -0.1) is 0 Å². The number of benzene rings is 2. The third kappa shape index (κ3) is 5.05. The molecule has 172 valence electrons. The van der Waals surface area contributed by atoms with E-state index in [1.807, 2.05) is 0 Å². The van der Waals surface area contributed by atoms with Gasteiger partial charge in [-0.2, -0.15) is 4.31 Å². The second kappa shape index (κ2) is 9.97. The molecular formula is C22H24Cl2N2O5S. The van der Waals surface area contributed by atoms with E-state index in [2.05, 4.69) is 0 Å². The minimum Gasteiger partial charge on any atom is -0.491 e. The van der Waals surface area contributed by atoms with Gasteiger partial charge in [0, 0.05) is 38.3 Å². The number of hydrogen-bond donors (Lipinski definition) is 0. The highest BCUT2D eigenvalue weighted by Crippen LogP contribution is 2.31. The van der Waals surface area contributed by atoms with E-state index < -0.39 is 10.0 Å². The van der Waals surface area contributed by atoms with Crippen LogP contribution in [0.25, 0.3) is 0 Å². The average molecular weight is 499 g/mol. The maximum atomic E-state index is 13.0. The Labute approximate surface area is 197 Å². The van der Waals surface area contributed by atoms with Crippen LogP contribution in [0.3, 0.4) is 0 Å². The highest BCUT2D eigenvalue weighted by molar-refractivity contribution is 7.89. The van der Waals surface area contributed by atoms with Crippen LogP contribution in [0.5, 0.6) is 5.75 Å². The normalized spacial score (nSPS) is 19.8. The SMILES string of the molecule is O=C(c1ccc(OCC2CCCO2)cc1)N1CCN(S(=O)(=O)c2cccc(Cl)c2Cl)CC1. The Bertz CT molecular complexity index is 1060. The second-order valence-electron chi connectivity index (χ2n) is 7.72. The molecule has 32 heavy (non-hydrogen) atoms. The fourth-order valence-corrected chi connectivity index (χ4v) is 5.95. The average Bonchev–Trinajstić information content (AvgIpc) is 3.33. The predicted molar refractivity (Wildman–Crippen MR) is 122 cm³/mol. The van der Waals surface area contributed by atoms with E-state index in [1.54, 1.807) is 41.3 Å². The van der Waals surface area contributed by atoms with Gasteiger partial charge in [-0.1, -0.05) is 29.3 Å². The maximum Gasteiger partial charge on any atom is 0.253 e. The highest BCUT2D eigenvalue weighted by atomic mass is 35.5. The van der Waals surface area contributed by atoms with Gasteiger partial charge in [0.1, 0.15) is 17.3 Å². The van der Waals surface area contributed by atoms with E-state index in [1.165, 1.54) is 10.4 Å². The van der Waals surface area contributed by atoms with Gasteiger partial charge in [0.25, 0.3) is 5.91 Å². The number of piperazine rings is 1. The Hall–Kier alpha value is -1.84. The Morgan fingerprint density at radius 2 is 1.78 bits per heavy atom. The molecule has 2 aromatic carbocycles. The number of nitrogens with zero attached hydrogens (tertiary/aromatic N) is 2. The van der Waals surface area contributed by atoms with Crippen molar-refractivity contribution in [3.8, 4) is 5.75 Å². The van der Waals surface area contributed by atoms with Crippen LogP contribution in [0, 0.1) is 0 Å². The van der Waals surface area contributed by atoms with E-state index in [0.29, 0.717) is 17.9 Å². The summed E-state index contributed by atoms with van der Waals surface area (Å²) < 4.78 is 38.5. The molecule has 2 saturated heterocycles. The summed E-state index contributed by atoms with van der Waals surface area (Å²) in [5.74, 6) is 0.542. The van der Waals surface area contributed by atoms with Gasteiger partial charge in [-0.05, 0) is 49.2 Å². The lowest BCUT2D eigenvalue weighted by Gasteiger charge is -2.34. The number of amides is 1. The zero-order chi connectivity index (χ0) is 22.7. The van der Waals surface area contributed by atoms with E-state index in [-0.39, 0.29) is 53.1 Å². The summed E-state index contributed by atoms with van der Waals surface area (Å²) in [6, 6.07) is 11.5. The molecule has 10 heteroatoms. The molecule has 4 rings (SSSR count). The van der Waals surface area contributed by atoms with Crippen molar-refractivity contribution in [1.29, 1.82) is 0 Å². The minimum atomic E-state index is -3.80. The Balaban J connectivity index is 1.34. The summed E-state index contributed by atoms with van der Waals surface area (Å²) in [6.45, 7) is 2.21. The maximum absolute atomic E-state index is 13.0. The number of rotatable bonds is 6. The summed E-state index contributed by atoms with van der Waals surface area (Å²) >= 11 is 12.1. The number of ether oxygens (including phenoxy) is 2. The zero-order valence-corrected chi connectivity index (χ0v) is 19.7. The van der Waals surface area contributed by atoms with Crippen LogP contribution in [-0.2, 0) is 14.8 Å². The zero-order valence-electron chi connectivity index (χ0n) is 17.4. The second-order valence-corrected chi connectivity index (χ2v) is 10.4. The van der Waals surface area contributed by atoms with Crippen LogP contribution in [0.4, 0.5) is 0 Å². The molecule has 2 aliphatic rings. The molecule has 0 radical (unpaired) electrons. The van der Waals surface area contributed by atoms with E-state index in [0.717, 1.165) is 19.4 Å². The van der Waals surface area contributed by atoms with Gasteiger partial charge in [0.15, 0.2) is 0 Å². The molecule has 7 nitrogen and oxygen atoms in total. The molecule has 2 aromatic rings. The third-order valence-electron chi connectivity index (χ3n) is 5.62. The van der Waals surface area contributed by atoms with Gasteiger partial charge in [0.05, 0.1) is 16.1 Å². The van der Waals surface area contributed by atoms with E-state index >= 15 is 0 Å². The summed E-state index contributed by atoms with van der Waals surface area (Å²) in [7, 11) is -3.80. The van der Waals surface area contributed by atoms with Crippen molar-refractivity contribution in [1.82, 2.24) is 9.21 Å². The topological polar surface area (TPSA) is 76.2 Å². The number of halogens is 2. The van der Waals surface area contributed by atoms with Crippen LogP contribution in [-0.4, -0.2) is 69.0 Å². The lowest BCUT2D eigenvalue weighted by molar-refractivity contribution is 0.0676.